The first-order valence-corrected chi connectivity index (χ1v) is 9.23. The molecule has 1 unspecified atom stereocenters. The minimum Gasteiger partial charge on any atom is -0.347 e. The van der Waals surface area contributed by atoms with Gasteiger partial charge in [0.15, 0.2) is 11.5 Å². The van der Waals surface area contributed by atoms with Gasteiger partial charge in [0, 0.05) is 24.2 Å². The fourth-order valence-electron chi connectivity index (χ4n) is 2.64. The van der Waals surface area contributed by atoms with Gasteiger partial charge in [0.1, 0.15) is 18.1 Å². The van der Waals surface area contributed by atoms with E-state index in [1.807, 2.05) is 12.3 Å². The summed E-state index contributed by atoms with van der Waals surface area (Å²) in [5.74, 6) is -0.395. The van der Waals surface area contributed by atoms with Crippen LogP contribution in [0.4, 0.5) is 4.39 Å². The Balaban J connectivity index is 1.58. The van der Waals surface area contributed by atoms with Crippen LogP contribution in [0.5, 0.6) is 0 Å². The number of hydrogen-bond donors (Lipinski definition) is 2. The van der Waals surface area contributed by atoms with E-state index in [1.54, 1.807) is 18.3 Å². The summed E-state index contributed by atoms with van der Waals surface area (Å²) in [5, 5.41) is 4.66. The Morgan fingerprint density at radius 3 is 2.85 bits per heavy atom. The van der Waals surface area contributed by atoms with E-state index < -0.39 is 0 Å². The molecule has 0 saturated carbocycles. The van der Waals surface area contributed by atoms with Crippen LogP contribution < -0.4 is 15.8 Å². The number of nitrogens with zero attached hydrogens (tertiary/aromatic N) is 2. The van der Waals surface area contributed by atoms with E-state index in [9.17, 15) is 14.0 Å². The molecule has 2 aromatic heterocycles. The molecule has 0 saturated heterocycles. The van der Waals surface area contributed by atoms with E-state index in [0.29, 0.717) is 23.7 Å². The fourth-order valence-corrected chi connectivity index (χ4v) is 3.38. The zero-order valence-corrected chi connectivity index (χ0v) is 15.2. The highest BCUT2D eigenvalue weighted by Gasteiger charge is 2.15. The van der Waals surface area contributed by atoms with Gasteiger partial charge in [-0.15, -0.1) is 11.3 Å². The predicted molar refractivity (Wildman–Crippen MR) is 97.7 cm³/mol. The van der Waals surface area contributed by atoms with Crippen molar-refractivity contribution >= 4 is 22.2 Å². The van der Waals surface area contributed by atoms with E-state index in [1.165, 1.54) is 33.9 Å². The van der Waals surface area contributed by atoms with Gasteiger partial charge in [-0.05, 0) is 24.6 Å². The molecule has 8 heteroatoms. The quantitative estimate of drug-likeness (QED) is 0.636. The molecule has 0 aliphatic rings. The molecule has 2 N–H and O–H groups in total. The molecular formula is C18H20FN4O2S+. The minimum atomic E-state index is -0.298. The number of halogens is 1. The number of benzene rings is 1. The molecule has 136 valence electrons. The van der Waals surface area contributed by atoms with Crippen molar-refractivity contribution in [3.63, 3.8) is 0 Å². The lowest BCUT2D eigenvalue weighted by molar-refractivity contribution is -0.904. The summed E-state index contributed by atoms with van der Waals surface area (Å²) >= 11 is 1.41. The van der Waals surface area contributed by atoms with Crippen molar-refractivity contribution in [2.75, 3.05) is 13.1 Å². The number of thiazole rings is 1. The largest absolute Gasteiger partial charge is 0.347 e. The predicted octanol–water partition coefficient (Wildman–Crippen LogP) is 0.616. The highest BCUT2D eigenvalue weighted by molar-refractivity contribution is 7.15. The number of rotatable bonds is 7. The molecule has 2 heterocycles. The highest BCUT2D eigenvalue weighted by atomic mass is 32.1. The number of aromatic nitrogens is 2. The van der Waals surface area contributed by atoms with Gasteiger partial charge in [-0.3, -0.25) is 14.0 Å². The molecule has 1 aromatic carbocycles. The molecule has 6 nitrogen and oxygen atoms in total. The van der Waals surface area contributed by atoms with Crippen LogP contribution in [0.3, 0.4) is 0 Å². The van der Waals surface area contributed by atoms with Gasteiger partial charge in [0.05, 0.1) is 6.54 Å². The van der Waals surface area contributed by atoms with E-state index in [2.05, 4.69) is 10.3 Å². The Bertz CT molecular complexity index is 952. The second kappa shape index (κ2) is 8.20. The maximum Gasteiger partial charge on any atom is 0.275 e. The summed E-state index contributed by atoms with van der Waals surface area (Å²) in [6.07, 6.45) is 1.70. The Hall–Kier alpha value is -2.58. The van der Waals surface area contributed by atoms with Crippen molar-refractivity contribution in [3.8, 4) is 0 Å². The number of amides is 1. The average molecular weight is 375 g/mol. The smallest absolute Gasteiger partial charge is 0.275 e. The molecule has 0 fully saturated rings. The van der Waals surface area contributed by atoms with E-state index in [4.69, 9.17) is 0 Å². The average Bonchev–Trinajstić information content (AvgIpc) is 3.10. The number of hydrogen-bond acceptors (Lipinski definition) is 4. The van der Waals surface area contributed by atoms with Gasteiger partial charge >= 0.3 is 0 Å². The molecule has 0 aliphatic carbocycles. The normalized spacial score (nSPS) is 12.2. The summed E-state index contributed by atoms with van der Waals surface area (Å²) < 4.78 is 14.4. The lowest BCUT2D eigenvalue weighted by Crippen LogP contribution is -3.11. The molecule has 3 aromatic rings. The van der Waals surface area contributed by atoms with Crippen molar-refractivity contribution in [3.05, 3.63) is 69.3 Å². The Morgan fingerprint density at radius 2 is 2.12 bits per heavy atom. The van der Waals surface area contributed by atoms with Crippen LogP contribution in [-0.2, 0) is 17.9 Å². The summed E-state index contributed by atoms with van der Waals surface area (Å²) in [4.78, 5) is 30.4. The van der Waals surface area contributed by atoms with Gasteiger partial charge in [-0.1, -0.05) is 12.1 Å². The highest BCUT2D eigenvalue weighted by Crippen LogP contribution is 2.06. The Labute approximate surface area is 153 Å². The van der Waals surface area contributed by atoms with Crippen LogP contribution in [0.1, 0.15) is 18.2 Å². The van der Waals surface area contributed by atoms with Gasteiger partial charge in [0.2, 0.25) is 0 Å². The zero-order chi connectivity index (χ0) is 18.5. The fraction of sp³-hybridized carbons (Fsp3) is 0.278. The topological polar surface area (TPSA) is 67.9 Å². The molecule has 0 bridgehead atoms. The molecule has 3 rings (SSSR count). The van der Waals surface area contributed by atoms with Crippen molar-refractivity contribution in [2.45, 2.75) is 20.0 Å². The third kappa shape index (κ3) is 4.53. The van der Waals surface area contributed by atoms with Gasteiger partial charge in [-0.25, -0.2) is 9.37 Å². The van der Waals surface area contributed by atoms with Crippen LogP contribution in [-0.4, -0.2) is 28.4 Å². The van der Waals surface area contributed by atoms with Crippen LogP contribution in [0.2, 0.25) is 0 Å². The maximum atomic E-state index is 12.9. The molecular weight excluding hydrogens is 355 g/mol. The Morgan fingerprint density at radius 1 is 1.35 bits per heavy atom. The van der Waals surface area contributed by atoms with E-state index in [0.717, 1.165) is 17.0 Å². The van der Waals surface area contributed by atoms with Crippen LogP contribution in [0.25, 0.3) is 4.96 Å². The standard InChI is InChI=1S/C18H19FN4O2S/c1-2-22(11-15-9-17(25)23-7-8-26-18(23)21-15)12-16(24)20-10-13-3-5-14(19)6-4-13/h3-9H,2,10-12H2,1H3,(H,20,24)/p+1. The van der Waals surface area contributed by atoms with Gasteiger partial charge in [-0.2, -0.15) is 0 Å². The van der Waals surface area contributed by atoms with Gasteiger partial charge in [0.25, 0.3) is 11.5 Å². The summed E-state index contributed by atoms with van der Waals surface area (Å²) in [5.41, 5.74) is 1.42. The number of carbonyl (C=O) groups is 1. The SMILES string of the molecule is CC[NH+](CC(=O)NCc1ccc(F)cc1)Cc1cc(=O)n2ccsc2n1. The number of carbonyl (C=O) groups excluding carboxylic acids is 1. The second-order valence-electron chi connectivity index (χ2n) is 6.00. The number of likely N-dealkylation sites (N-methyl/N-ethyl adjacent to an activating group) is 1. The first-order chi connectivity index (χ1) is 12.5. The lowest BCUT2D eigenvalue weighted by atomic mass is 10.2. The van der Waals surface area contributed by atoms with Crippen molar-refractivity contribution < 1.29 is 14.1 Å². The third-order valence-corrected chi connectivity index (χ3v) is 4.86. The molecule has 26 heavy (non-hydrogen) atoms. The van der Waals surface area contributed by atoms with Crippen molar-refractivity contribution in [1.29, 1.82) is 0 Å². The molecule has 0 radical (unpaired) electrons. The van der Waals surface area contributed by atoms with E-state index in [-0.39, 0.29) is 23.8 Å². The van der Waals surface area contributed by atoms with Crippen LogP contribution >= 0.6 is 11.3 Å². The number of fused-ring (bicyclic) bond motifs is 1. The van der Waals surface area contributed by atoms with Crippen LogP contribution in [0.15, 0.2) is 46.7 Å². The van der Waals surface area contributed by atoms with Crippen molar-refractivity contribution in [1.82, 2.24) is 14.7 Å². The zero-order valence-electron chi connectivity index (χ0n) is 14.4. The molecule has 0 aliphatic heterocycles. The summed E-state index contributed by atoms with van der Waals surface area (Å²) in [7, 11) is 0. The monoisotopic (exact) mass is 375 g/mol. The third-order valence-electron chi connectivity index (χ3n) is 4.10. The molecule has 1 atom stereocenters. The van der Waals surface area contributed by atoms with Gasteiger partial charge < -0.3 is 10.2 Å². The van der Waals surface area contributed by atoms with E-state index >= 15 is 0 Å². The lowest BCUT2D eigenvalue weighted by Gasteiger charge is -2.17. The summed E-state index contributed by atoms with van der Waals surface area (Å²) in [6.45, 7) is 3.86. The van der Waals surface area contributed by atoms with Crippen LogP contribution in [0, 0.1) is 5.82 Å². The Kier molecular flexibility index (Phi) is 5.75. The first kappa shape index (κ1) is 18.2. The number of quaternary nitrogens is 1. The first-order valence-electron chi connectivity index (χ1n) is 8.35. The molecule has 0 spiro atoms. The minimum absolute atomic E-state index is 0.0971. The second-order valence-corrected chi connectivity index (χ2v) is 6.87. The molecule has 1 amide bonds. The van der Waals surface area contributed by atoms with Crippen molar-refractivity contribution in [2.24, 2.45) is 0 Å². The number of nitrogens with one attached hydrogen (secondary N) is 2. The maximum absolute atomic E-state index is 12.9. The summed E-state index contributed by atoms with van der Waals surface area (Å²) in [6, 6.07) is 7.55.